The average molecular weight is 507 g/mol. The number of nitrogens with one attached hydrogen (secondary N) is 2. The highest BCUT2D eigenvalue weighted by atomic mass is 15.0. The minimum absolute atomic E-state index is 0.917. The second kappa shape index (κ2) is 8.88. The Bertz CT molecular complexity index is 2010. The van der Waals surface area contributed by atoms with E-state index < -0.39 is 0 Å². The Kier molecular flexibility index (Phi) is 5.31. The molecule has 4 aromatic carbocycles. The van der Waals surface area contributed by atoms with Crippen molar-refractivity contribution in [2.24, 2.45) is 0 Å². The number of H-pyrrole nitrogens is 1. The highest BCUT2D eigenvalue weighted by Gasteiger charge is 2.17. The van der Waals surface area contributed by atoms with Gasteiger partial charge in [-0.1, -0.05) is 48.9 Å². The molecule has 0 atom stereocenters. The second-order valence-corrected chi connectivity index (χ2v) is 10.4. The summed E-state index contributed by atoms with van der Waals surface area (Å²) in [5, 5.41) is 10.5. The maximum absolute atomic E-state index is 8.16. The third-order valence-corrected chi connectivity index (χ3v) is 8.10. The van der Waals surface area contributed by atoms with Crippen molar-refractivity contribution in [2.75, 3.05) is 0 Å². The van der Waals surface area contributed by atoms with Crippen molar-refractivity contribution >= 4 is 39.1 Å². The molecule has 7 aromatic rings. The highest BCUT2D eigenvalue weighted by Crippen LogP contribution is 2.36. The topological polar surface area (TPSA) is 49.5 Å². The third-order valence-electron chi connectivity index (χ3n) is 8.10. The van der Waals surface area contributed by atoms with Crippen molar-refractivity contribution in [3.63, 3.8) is 0 Å². The van der Waals surface area contributed by atoms with Crippen molar-refractivity contribution < 1.29 is 0 Å². The Morgan fingerprint density at radius 1 is 0.692 bits per heavy atom. The van der Waals surface area contributed by atoms with Gasteiger partial charge in [0.2, 0.25) is 0 Å². The summed E-state index contributed by atoms with van der Waals surface area (Å²) < 4.78 is 4.53. The maximum Gasteiger partial charge on any atom is 0.0720 e. The monoisotopic (exact) mass is 506 g/mol. The van der Waals surface area contributed by atoms with E-state index in [1.165, 1.54) is 56.0 Å². The number of aromatic nitrogens is 3. The van der Waals surface area contributed by atoms with E-state index in [2.05, 4.69) is 126 Å². The van der Waals surface area contributed by atoms with Crippen LogP contribution in [-0.4, -0.2) is 20.3 Å². The standard InChI is InChI=1S/C35H30N4/c1-4-24-7-13-28(14-8-24)38-32-16-10-26(20-30(32)35-33(38)17-18-37-35)25-9-15-31-29(19-25)23(3)34(21-36)39(31)27-11-5-22(2)6-12-27/h5-21,36-37H,4H2,1-3H3. The lowest BCUT2D eigenvalue weighted by molar-refractivity contribution is 1.10. The number of nitrogens with zero attached hydrogens (tertiary/aromatic N) is 2. The maximum atomic E-state index is 8.16. The van der Waals surface area contributed by atoms with Gasteiger partial charge in [-0.25, -0.2) is 0 Å². The van der Waals surface area contributed by atoms with Crippen LogP contribution in [0.15, 0.2) is 97.2 Å². The molecule has 3 heterocycles. The zero-order valence-electron chi connectivity index (χ0n) is 22.4. The normalized spacial score (nSPS) is 11.7. The van der Waals surface area contributed by atoms with Gasteiger partial charge in [0.15, 0.2) is 0 Å². The Morgan fingerprint density at radius 2 is 1.31 bits per heavy atom. The van der Waals surface area contributed by atoms with Crippen LogP contribution in [0.4, 0.5) is 0 Å². The molecule has 0 bridgehead atoms. The number of hydrogen-bond acceptors (Lipinski definition) is 1. The lowest BCUT2D eigenvalue weighted by Crippen LogP contribution is -1.99. The Morgan fingerprint density at radius 3 is 1.97 bits per heavy atom. The minimum Gasteiger partial charge on any atom is -0.359 e. The predicted octanol–water partition coefficient (Wildman–Crippen LogP) is 8.90. The highest BCUT2D eigenvalue weighted by molar-refractivity contribution is 6.09. The number of rotatable bonds is 5. The Hall–Kier alpha value is -4.83. The summed E-state index contributed by atoms with van der Waals surface area (Å²) in [5.74, 6) is 0. The smallest absolute Gasteiger partial charge is 0.0720 e. The summed E-state index contributed by atoms with van der Waals surface area (Å²) in [6.45, 7) is 6.40. The van der Waals surface area contributed by atoms with E-state index in [4.69, 9.17) is 5.41 Å². The van der Waals surface area contributed by atoms with Crippen LogP contribution in [0.5, 0.6) is 0 Å². The average Bonchev–Trinajstić information content (AvgIpc) is 3.64. The van der Waals surface area contributed by atoms with Gasteiger partial charge in [-0.2, -0.15) is 0 Å². The van der Waals surface area contributed by atoms with E-state index in [0.717, 1.165) is 34.4 Å². The molecule has 39 heavy (non-hydrogen) atoms. The van der Waals surface area contributed by atoms with E-state index in [0.29, 0.717) is 0 Å². The molecule has 0 unspecified atom stereocenters. The van der Waals surface area contributed by atoms with Crippen LogP contribution in [0.1, 0.15) is 29.3 Å². The molecular weight excluding hydrogens is 476 g/mol. The van der Waals surface area contributed by atoms with Gasteiger partial charge in [-0.05, 0) is 97.1 Å². The largest absolute Gasteiger partial charge is 0.359 e. The van der Waals surface area contributed by atoms with Gasteiger partial charge in [-0.3, -0.25) is 0 Å². The first-order valence-corrected chi connectivity index (χ1v) is 13.5. The predicted molar refractivity (Wildman–Crippen MR) is 164 cm³/mol. The summed E-state index contributed by atoms with van der Waals surface area (Å²) in [7, 11) is 0. The van der Waals surface area contributed by atoms with E-state index >= 15 is 0 Å². The molecule has 0 amide bonds. The molecular formula is C35H30N4. The first kappa shape index (κ1) is 23.3. The van der Waals surface area contributed by atoms with Crippen LogP contribution in [0.25, 0.3) is 55.3 Å². The van der Waals surface area contributed by atoms with Gasteiger partial charge in [0.25, 0.3) is 0 Å². The lowest BCUT2D eigenvalue weighted by Gasteiger charge is -2.10. The number of hydrogen-bond donors (Lipinski definition) is 2. The molecule has 190 valence electrons. The van der Waals surface area contributed by atoms with E-state index in [9.17, 15) is 0 Å². The molecule has 7 rings (SSSR count). The van der Waals surface area contributed by atoms with Gasteiger partial charge < -0.3 is 19.5 Å². The van der Waals surface area contributed by atoms with Crippen molar-refractivity contribution in [2.45, 2.75) is 27.2 Å². The molecule has 4 heteroatoms. The van der Waals surface area contributed by atoms with Gasteiger partial charge in [-0.15, -0.1) is 0 Å². The van der Waals surface area contributed by atoms with Gasteiger partial charge in [0, 0.05) is 34.6 Å². The van der Waals surface area contributed by atoms with Crippen molar-refractivity contribution in [3.8, 4) is 22.5 Å². The molecule has 0 saturated carbocycles. The number of fused-ring (bicyclic) bond motifs is 4. The van der Waals surface area contributed by atoms with Gasteiger partial charge >= 0.3 is 0 Å². The number of aromatic amines is 1. The molecule has 0 saturated heterocycles. The third kappa shape index (κ3) is 3.56. The van der Waals surface area contributed by atoms with E-state index in [1.807, 2.05) is 6.20 Å². The zero-order chi connectivity index (χ0) is 26.7. The molecule has 0 aliphatic rings. The van der Waals surface area contributed by atoms with Crippen LogP contribution in [0.2, 0.25) is 0 Å². The van der Waals surface area contributed by atoms with Crippen LogP contribution >= 0.6 is 0 Å². The Balaban J connectivity index is 1.39. The van der Waals surface area contributed by atoms with Crippen LogP contribution in [-0.2, 0) is 6.42 Å². The summed E-state index contributed by atoms with van der Waals surface area (Å²) in [5.41, 5.74) is 13.9. The molecule has 4 nitrogen and oxygen atoms in total. The molecule has 0 aliphatic carbocycles. The first-order valence-electron chi connectivity index (χ1n) is 13.5. The number of benzene rings is 4. The summed E-state index contributed by atoms with van der Waals surface area (Å²) >= 11 is 0. The Labute approximate surface area is 227 Å². The van der Waals surface area contributed by atoms with Crippen LogP contribution < -0.4 is 0 Å². The summed E-state index contributed by atoms with van der Waals surface area (Å²) in [4.78, 5) is 3.48. The molecule has 0 radical (unpaired) electrons. The van der Waals surface area contributed by atoms with Gasteiger partial charge in [0.1, 0.15) is 0 Å². The van der Waals surface area contributed by atoms with Gasteiger partial charge in [0.05, 0.1) is 27.8 Å². The molecule has 0 spiro atoms. The SMILES string of the molecule is CCc1ccc(-n2c3ccc(-c4ccc5c(c4)c(C)c(C=N)n5-c4ccc(C)cc4)cc3c3[nH]ccc32)cc1. The molecule has 0 fully saturated rings. The fourth-order valence-corrected chi connectivity index (χ4v) is 5.95. The lowest BCUT2D eigenvalue weighted by atomic mass is 10.0. The number of aryl methyl sites for hydroxylation is 3. The molecule has 0 aliphatic heterocycles. The summed E-state index contributed by atoms with van der Waals surface area (Å²) in [6.07, 6.45) is 4.53. The summed E-state index contributed by atoms with van der Waals surface area (Å²) in [6, 6.07) is 33.0. The molecule has 3 aromatic heterocycles. The fourth-order valence-electron chi connectivity index (χ4n) is 5.95. The quantitative estimate of drug-likeness (QED) is 0.219. The van der Waals surface area contributed by atoms with Crippen LogP contribution in [0, 0.1) is 19.3 Å². The first-order chi connectivity index (χ1) is 19.1. The van der Waals surface area contributed by atoms with Crippen LogP contribution in [0.3, 0.4) is 0 Å². The second-order valence-electron chi connectivity index (χ2n) is 10.4. The minimum atomic E-state index is 0.917. The van der Waals surface area contributed by atoms with E-state index in [1.54, 1.807) is 0 Å². The van der Waals surface area contributed by atoms with Crippen molar-refractivity contribution in [1.29, 1.82) is 5.41 Å². The van der Waals surface area contributed by atoms with Crippen molar-refractivity contribution in [3.05, 3.63) is 120 Å². The van der Waals surface area contributed by atoms with Crippen molar-refractivity contribution in [1.82, 2.24) is 14.1 Å². The van der Waals surface area contributed by atoms with E-state index in [-0.39, 0.29) is 0 Å². The zero-order valence-corrected chi connectivity index (χ0v) is 22.4. The fraction of sp³-hybridized carbons (Fsp3) is 0.114. The molecule has 2 N–H and O–H groups in total.